The van der Waals surface area contributed by atoms with E-state index in [0.717, 1.165) is 0 Å². The van der Waals surface area contributed by atoms with Gasteiger partial charge >= 0.3 is 0 Å². The summed E-state index contributed by atoms with van der Waals surface area (Å²) in [7, 11) is 0. The lowest BCUT2D eigenvalue weighted by atomic mass is 9.33. The summed E-state index contributed by atoms with van der Waals surface area (Å²) in [4.78, 5) is 4.93. The molecular weight excluding hydrogens is 471 g/mol. The molecule has 39 heavy (non-hydrogen) atoms. The lowest BCUT2D eigenvalue weighted by molar-refractivity contribution is 0.867. The third-order valence-corrected chi connectivity index (χ3v) is 8.40. The summed E-state index contributed by atoms with van der Waals surface area (Å²) in [5.41, 5.74) is 14.4. The Balaban J connectivity index is 1.59. The van der Waals surface area contributed by atoms with Crippen molar-refractivity contribution in [2.24, 2.45) is 0 Å². The van der Waals surface area contributed by atoms with Crippen LogP contribution in [0.25, 0.3) is 0 Å². The number of nitrogens with zero attached hydrogens (tertiary/aromatic N) is 2. The van der Waals surface area contributed by atoms with Gasteiger partial charge in [0.25, 0.3) is 6.71 Å². The topological polar surface area (TPSA) is 6.48 Å². The molecule has 7 rings (SSSR count). The summed E-state index contributed by atoms with van der Waals surface area (Å²) in [6.45, 7) is 9.34. The number of anilines is 6. The maximum absolute atomic E-state index is 2.48. The molecule has 0 bridgehead atoms. The molecule has 3 heteroatoms. The SMILES string of the molecule is CC(C)c1ccc2c(c1)B1c3cc(C(C)C)ccc3N(c3ccccc3)c3cccc(c31)N2c1ccccc1. The van der Waals surface area contributed by atoms with Crippen LogP contribution in [0.5, 0.6) is 0 Å². The lowest BCUT2D eigenvalue weighted by Crippen LogP contribution is -2.61. The van der Waals surface area contributed by atoms with E-state index in [1.807, 2.05) is 0 Å². The predicted octanol–water partition coefficient (Wildman–Crippen LogP) is 8.02. The third-order valence-electron chi connectivity index (χ3n) is 8.40. The number of para-hydroxylation sites is 2. The highest BCUT2D eigenvalue weighted by Crippen LogP contribution is 2.44. The number of fused-ring (bicyclic) bond motifs is 4. The molecule has 190 valence electrons. The first-order valence-corrected chi connectivity index (χ1v) is 14.1. The Kier molecular flexibility index (Phi) is 5.63. The summed E-state index contributed by atoms with van der Waals surface area (Å²) < 4.78 is 0. The molecule has 5 aromatic rings. The Hall–Kier alpha value is -4.24. The molecular formula is C36H33BN2. The first-order chi connectivity index (χ1) is 19.0. The minimum Gasteiger partial charge on any atom is -0.311 e. The summed E-state index contributed by atoms with van der Waals surface area (Å²) in [6.07, 6.45) is 0. The number of benzene rings is 5. The van der Waals surface area contributed by atoms with Crippen LogP contribution < -0.4 is 26.2 Å². The van der Waals surface area contributed by atoms with Crippen molar-refractivity contribution in [2.45, 2.75) is 39.5 Å². The van der Waals surface area contributed by atoms with Crippen molar-refractivity contribution in [1.82, 2.24) is 0 Å². The smallest absolute Gasteiger partial charge is 0.252 e. The molecule has 0 aromatic heterocycles. The van der Waals surface area contributed by atoms with Crippen molar-refractivity contribution >= 4 is 57.2 Å². The molecule has 2 aliphatic rings. The fourth-order valence-electron chi connectivity index (χ4n) is 6.41. The quantitative estimate of drug-likeness (QED) is 0.224. The fourth-order valence-corrected chi connectivity index (χ4v) is 6.41. The molecule has 0 saturated carbocycles. The zero-order valence-electron chi connectivity index (χ0n) is 23.1. The summed E-state index contributed by atoms with van der Waals surface area (Å²) in [5.74, 6) is 0.922. The summed E-state index contributed by atoms with van der Waals surface area (Å²) in [5, 5.41) is 0. The summed E-state index contributed by atoms with van der Waals surface area (Å²) >= 11 is 0. The van der Waals surface area contributed by atoms with Crippen LogP contribution >= 0.6 is 0 Å². The van der Waals surface area contributed by atoms with Gasteiger partial charge in [-0.1, -0.05) is 94.4 Å². The van der Waals surface area contributed by atoms with Crippen molar-refractivity contribution in [1.29, 1.82) is 0 Å². The molecule has 0 fully saturated rings. The molecule has 0 aliphatic carbocycles. The Morgan fingerprint density at radius 2 is 0.897 bits per heavy atom. The maximum atomic E-state index is 2.48. The lowest BCUT2D eigenvalue weighted by Gasteiger charge is -2.44. The summed E-state index contributed by atoms with van der Waals surface area (Å²) in [6, 6.07) is 42.8. The van der Waals surface area contributed by atoms with Gasteiger partial charge in [0.15, 0.2) is 0 Å². The molecule has 0 spiro atoms. The van der Waals surface area contributed by atoms with Gasteiger partial charge in [-0.15, -0.1) is 0 Å². The molecule has 2 heterocycles. The first kappa shape index (κ1) is 23.9. The standard InChI is InChI=1S/C36H33BN2/c1-24(2)26-18-20-32-30(22-26)37-31-23-27(25(3)4)19-21-33(31)39(29-14-9-6-10-15-29)35-17-11-16-34(36(35)37)38(32)28-12-7-5-8-13-28/h5-25H,1-4H3. The molecule has 5 aromatic carbocycles. The van der Waals surface area contributed by atoms with Crippen molar-refractivity contribution in [2.75, 3.05) is 9.80 Å². The van der Waals surface area contributed by atoms with E-state index in [2.05, 4.69) is 153 Å². The van der Waals surface area contributed by atoms with Crippen LogP contribution in [0.2, 0.25) is 0 Å². The van der Waals surface area contributed by atoms with Crippen LogP contribution in [-0.2, 0) is 0 Å². The predicted molar refractivity (Wildman–Crippen MR) is 169 cm³/mol. The van der Waals surface area contributed by atoms with Crippen molar-refractivity contribution in [3.8, 4) is 0 Å². The molecule has 0 unspecified atom stereocenters. The molecule has 0 radical (unpaired) electrons. The van der Waals surface area contributed by atoms with E-state index in [4.69, 9.17) is 0 Å². The number of hydrogen-bond acceptors (Lipinski definition) is 2. The third kappa shape index (κ3) is 3.71. The van der Waals surface area contributed by atoms with E-state index in [1.165, 1.54) is 61.6 Å². The van der Waals surface area contributed by atoms with Gasteiger partial charge in [-0.25, -0.2) is 0 Å². The van der Waals surface area contributed by atoms with Crippen LogP contribution in [-0.4, -0.2) is 6.71 Å². The second kappa shape index (κ2) is 9.20. The van der Waals surface area contributed by atoms with Crippen LogP contribution in [0.3, 0.4) is 0 Å². The number of hydrogen-bond donors (Lipinski definition) is 0. The minimum atomic E-state index is 0.165. The minimum absolute atomic E-state index is 0.165. The van der Waals surface area contributed by atoms with Gasteiger partial charge in [0.05, 0.1) is 0 Å². The van der Waals surface area contributed by atoms with Gasteiger partial charge < -0.3 is 9.80 Å². The van der Waals surface area contributed by atoms with Gasteiger partial charge in [0, 0.05) is 34.1 Å². The molecule has 0 saturated heterocycles. The maximum Gasteiger partial charge on any atom is 0.252 e. The van der Waals surface area contributed by atoms with Crippen LogP contribution in [0.15, 0.2) is 115 Å². The van der Waals surface area contributed by atoms with E-state index in [-0.39, 0.29) is 6.71 Å². The van der Waals surface area contributed by atoms with Gasteiger partial charge in [-0.05, 0) is 87.9 Å². The Labute approximate surface area is 232 Å². The largest absolute Gasteiger partial charge is 0.311 e. The van der Waals surface area contributed by atoms with Gasteiger partial charge in [-0.2, -0.15) is 0 Å². The second-order valence-electron chi connectivity index (χ2n) is 11.4. The Bertz CT molecular complexity index is 1550. The van der Waals surface area contributed by atoms with Crippen LogP contribution in [0, 0.1) is 0 Å². The Morgan fingerprint density at radius 1 is 0.462 bits per heavy atom. The molecule has 0 N–H and O–H groups in total. The van der Waals surface area contributed by atoms with Crippen molar-refractivity contribution < 1.29 is 0 Å². The van der Waals surface area contributed by atoms with E-state index < -0.39 is 0 Å². The zero-order valence-corrected chi connectivity index (χ0v) is 23.1. The van der Waals surface area contributed by atoms with E-state index >= 15 is 0 Å². The molecule has 0 amide bonds. The highest BCUT2D eigenvalue weighted by atomic mass is 15.2. The van der Waals surface area contributed by atoms with Crippen molar-refractivity contribution in [3.05, 3.63) is 126 Å². The van der Waals surface area contributed by atoms with Crippen LogP contribution in [0.4, 0.5) is 34.1 Å². The average molecular weight is 504 g/mol. The van der Waals surface area contributed by atoms with Crippen molar-refractivity contribution in [3.63, 3.8) is 0 Å². The van der Waals surface area contributed by atoms with Gasteiger partial charge in [0.1, 0.15) is 0 Å². The monoisotopic (exact) mass is 504 g/mol. The Morgan fingerprint density at radius 3 is 1.31 bits per heavy atom. The normalized spacial score (nSPS) is 13.4. The van der Waals surface area contributed by atoms with E-state index in [1.54, 1.807) is 0 Å². The molecule has 2 nitrogen and oxygen atoms in total. The fraction of sp³-hybridized carbons (Fsp3) is 0.167. The van der Waals surface area contributed by atoms with Crippen LogP contribution in [0.1, 0.15) is 50.7 Å². The highest BCUT2D eigenvalue weighted by Gasteiger charge is 2.43. The van der Waals surface area contributed by atoms with Gasteiger partial charge in [0.2, 0.25) is 0 Å². The highest BCUT2D eigenvalue weighted by molar-refractivity contribution is 7.00. The molecule has 0 atom stereocenters. The first-order valence-electron chi connectivity index (χ1n) is 14.1. The number of rotatable bonds is 4. The van der Waals surface area contributed by atoms with Gasteiger partial charge in [-0.3, -0.25) is 0 Å². The average Bonchev–Trinajstić information content (AvgIpc) is 2.97. The van der Waals surface area contributed by atoms with E-state index in [9.17, 15) is 0 Å². The molecule has 2 aliphatic heterocycles. The zero-order chi connectivity index (χ0) is 26.7. The second-order valence-corrected chi connectivity index (χ2v) is 11.4. The van der Waals surface area contributed by atoms with E-state index in [0.29, 0.717) is 11.8 Å².